The van der Waals surface area contributed by atoms with Gasteiger partial charge in [-0.1, -0.05) is 25.1 Å². The first-order chi connectivity index (χ1) is 13.5. The number of unbranched alkanes of at least 4 members (excludes halogenated alkanes) is 1. The summed E-state index contributed by atoms with van der Waals surface area (Å²) in [6.07, 6.45) is 1.60. The molecule has 0 amide bonds. The molecule has 0 spiro atoms. The van der Waals surface area contributed by atoms with Gasteiger partial charge in [-0.15, -0.1) is 0 Å². The summed E-state index contributed by atoms with van der Waals surface area (Å²) in [6.45, 7) is 2.21. The van der Waals surface area contributed by atoms with Crippen LogP contribution in [0.5, 0.6) is 0 Å². The maximum Gasteiger partial charge on any atom is 0.379 e. The average molecular weight is 400 g/mol. The van der Waals surface area contributed by atoms with Crippen molar-refractivity contribution in [3.63, 3.8) is 0 Å². The molecule has 6 nitrogen and oxygen atoms in total. The largest absolute Gasteiger partial charge is 0.463 e. The molecule has 0 aromatic heterocycles. The molecule has 2 aromatic carbocycles. The highest BCUT2D eigenvalue weighted by atomic mass is 32.2. The molecule has 0 atom stereocenters. The van der Waals surface area contributed by atoms with Crippen LogP contribution in [-0.4, -0.2) is 37.2 Å². The van der Waals surface area contributed by atoms with Gasteiger partial charge in [0.2, 0.25) is 0 Å². The van der Waals surface area contributed by atoms with E-state index in [-0.39, 0.29) is 17.7 Å². The van der Waals surface area contributed by atoms with Crippen molar-refractivity contribution in [3.05, 3.63) is 59.7 Å². The number of ether oxygens (including phenoxy) is 2. The van der Waals surface area contributed by atoms with Gasteiger partial charge in [-0.25, -0.2) is 9.59 Å². The number of hydrogen-bond acceptors (Lipinski definition) is 7. The van der Waals surface area contributed by atoms with Gasteiger partial charge in [-0.05, 0) is 55.0 Å². The lowest BCUT2D eigenvalue weighted by atomic mass is 10.1. The Morgan fingerprint density at radius 3 is 1.68 bits per heavy atom. The van der Waals surface area contributed by atoms with E-state index in [4.69, 9.17) is 4.74 Å². The topological polar surface area (TPSA) is 86.7 Å². The minimum atomic E-state index is -0.908. The molecule has 0 N–H and O–H groups in total. The smallest absolute Gasteiger partial charge is 0.379 e. The molecule has 0 saturated heterocycles. The highest BCUT2D eigenvalue weighted by Crippen LogP contribution is 2.28. The third kappa shape index (κ3) is 5.79. The Morgan fingerprint density at radius 1 is 0.786 bits per heavy atom. The lowest BCUT2D eigenvalue weighted by molar-refractivity contribution is -0.138. The summed E-state index contributed by atoms with van der Waals surface area (Å²) in [6, 6.07) is 13.1. The third-order valence-electron chi connectivity index (χ3n) is 3.76. The number of carbonyl (C=O) groups excluding carboxylic acids is 4. The molecule has 2 aromatic rings. The van der Waals surface area contributed by atoms with Gasteiger partial charge >= 0.3 is 11.9 Å². The van der Waals surface area contributed by atoms with E-state index in [1.807, 2.05) is 6.92 Å². The number of methoxy groups -OCH3 is 1. The van der Waals surface area contributed by atoms with Crippen molar-refractivity contribution in [3.8, 4) is 0 Å². The summed E-state index contributed by atoms with van der Waals surface area (Å²) in [7, 11) is 1.16. The number of ketones is 2. The fraction of sp³-hybridized carbons (Fsp3) is 0.238. The first-order valence-electron chi connectivity index (χ1n) is 8.68. The second-order valence-electron chi connectivity index (χ2n) is 5.79. The molecule has 0 unspecified atom stereocenters. The minimum absolute atomic E-state index is 0.240. The number of Topliss-reactive ketones (excluding diaryl/α,β-unsaturated/α-hetero) is 2. The Balaban J connectivity index is 1.98. The Kier molecular flexibility index (Phi) is 7.95. The van der Waals surface area contributed by atoms with E-state index in [1.54, 1.807) is 48.5 Å². The van der Waals surface area contributed by atoms with Crippen molar-refractivity contribution in [1.82, 2.24) is 0 Å². The Labute approximate surface area is 167 Å². The van der Waals surface area contributed by atoms with Gasteiger partial charge in [0.25, 0.3) is 11.6 Å². The average Bonchev–Trinajstić information content (AvgIpc) is 2.73. The monoisotopic (exact) mass is 400 g/mol. The van der Waals surface area contributed by atoms with Crippen molar-refractivity contribution in [1.29, 1.82) is 0 Å². The molecule has 0 fully saturated rings. The van der Waals surface area contributed by atoms with Crippen LogP contribution in [0.25, 0.3) is 0 Å². The van der Waals surface area contributed by atoms with Gasteiger partial charge in [-0.2, -0.15) is 0 Å². The molecule has 0 aliphatic heterocycles. The standard InChI is InChI=1S/C21H20O6S/c1-3-4-13-27-21(25)19(23)15-7-11-17(12-8-15)28-16-9-5-14(6-10-16)18(22)20(24)26-2/h5-12H,3-4,13H2,1-2H3. The summed E-state index contributed by atoms with van der Waals surface area (Å²) in [5.74, 6) is -3.13. The molecular weight excluding hydrogens is 380 g/mol. The SMILES string of the molecule is CCCCOC(=O)C(=O)c1ccc(Sc2ccc(C(=O)C(=O)OC)cc2)cc1. The van der Waals surface area contributed by atoms with Gasteiger partial charge in [0, 0.05) is 20.9 Å². The summed E-state index contributed by atoms with van der Waals surface area (Å²) >= 11 is 1.41. The van der Waals surface area contributed by atoms with E-state index in [2.05, 4.69) is 4.74 Å². The fourth-order valence-electron chi connectivity index (χ4n) is 2.19. The maximum absolute atomic E-state index is 12.0. The van der Waals surface area contributed by atoms with Crippen molar-refractivity contribution < 1.29 is 28.7 Å². The second-order valence-corrected chi connectivity index (χ2v) is 6.94. The molecule has 146 valence electrons. The minimum Gasteiger partial charge on any atom is -0.463 e. The normalized spacial score (nSPS) is 10.2. The van der Waals surface area contributed by atoms with E-state index >= 15 is 0 Å². The molecular formula is C21H20O6S. The number of esters is 2. The summed E-state index contributed by atoms with van der Waals surface area (Å²) < 4.78 is 9.34. The molecule has 2 rings (SSSR count). The van der Waals surface area contributed by atoms with E-state index in [9.17, 15) is 19.2 Å². The van der Waals surface area contributed by atoms with Crippen LogP contribution in [0.15, 0.2) is 58.3 Å². The zero-order valence-corrected chi connectivity index (χ0v) is 16.4. The van der Waals surface area contributed by atoms with E-state index in [1.165, 1.54) is 11.8 Å². The van der Waals surface area contributed by atoms with Crippen molar-refractivity contribution >= 4 is 35.3 Å². The third-order valence-corrected chi connectivity index (χ3v) is 4.77. The number of hydrogen-bond donors (Lipinski definition) is 0. The molecule has 28 heavy (non-hydrogen) atoms. The lowest BCUT2D eigenvalue weighted by Crippen LogP contribution is -2.18. The molecule has 0 radical (unpaired) electrons. The van der Waals surface area contributed by atoms with E-state index in [0.717, 1.165) is 29.7 Å². The molecule has 0 aliphatic carbocycles. The number of carbonyl (C=O) groups is 4. The Morgan fingerprint density at radius 2 is 1.25 bits per heavy atom. The van der Waals surface area contributed by atoms with Crippen molar-refractivity contribution in [2.24, 2.45) is 0 Å². The molecule has 0 heterocycles. The van der Waals surface area contributed by atoms with Gasteiger partial charge < -0.3 is 9.47 Å². The zero-order valence-electron chi connectivity index (χ0n) is 15.6. The van der Waals surface area contributed by atoms with Crippen LogP contribution in [0.2, 0.25) is 0 Å². The van der Waals surface area contributed by atoms with Crippen molar-refractivity contribution in [2.75, 3.05) is 13.7 Å². The molecule has 7 heteroatoms. The maximum atomic E-state index is 12.0. The van der Waals surface area contributed by atoms with Crippen LogP contribution in [-0.2, 0) is 19.1 Å². The first kappa shape index (κ1) is 21.4. The highest BCUT2D eigenvalue weighted by Gasteiger charge is 2.18. The Bertz CT molecular complexity index is 855. The van der Waals surface area contributed by atoms with E-state index in [0.29, 0.717) is 0 Å². The predicted molar refractivity (Wildman–Crippen MR) is 104 cm³/mol. The Hall–Kier alpha value is -2.93. The van der Waals surface area contributed by atoms with Gasteiger partial charge in [0.15, 0.2) is 0 Å². The fourth-order valence-corrected chi connectivity index (χ4v) is 3.00. The van der Waals surface area contributed by atoms with Crippen LogP contribution in [0, 0.1) is 0 Å². The quantitative estimate of drug-likeness (QED) is 0.274. The van der Waals surface area contributed by atoms with Crippen LogP contribution in [0.4, 0.5) is 0 Å². The van der Waals surface area contributed by atoms with Crippen molar-refractivity contribution in [2.45, 2.75) is 29.6 Å². The van der Waals surface area contributed by atoms with Crippen LogP contribution in [0.3, 0.4) is 0 Å². The highest BCUT2D eigenvalue weighted by molar-refractivity contribution is 7.99. The molecule has 0 aliphatic rings. The number of rotatable bonds is 9. The number of benzene rings is 2. The van der Waals surface area contributed by atoms with Gasteiger partial charge in [0.05, 0.1) is 13.7 Å². The van der Waals surface area contributed by atoms with Crippen LogP contribution >= 0.6 is 11.8 Å². The zero-order chi connectivity index (χ0) is 20.5. The lowest BCUT2D eigenvalue weighted by Gasteiger charge is -2.05. The van der Waals surface area contributed by atoms with Gasteiger partial charge in [0.1, 0.15) is 0 Å². The first-order valence-corrected chi connectivity index (χ1v) is 9.50. The summed E-state index contributed by atoms with van der Waals surface area (Å²) in [5.41, 5.74) is 0.517. The van der Waals surface area contributed by atoms with Crippen LogP contribution < -0.4 is 0 Å². The second kappa shape index (κ2) is 10.4. The molecule has 0 bridgehead atoms. The van der Waals surface area contributed by atoms with Gasteiger partial charge in [-0.3, -0.25) is 9.59 Å². The van der Waals surface area contributed by atoms with E-state index < -0.39 is 23.5 Å². The predicted octanol–water partition coefficient (Wildman–Crippen LogP) is 3.72. The summed E-state index contributed by atoms with van der Waals surface area (Å²) in [4.78, 5) is 48.4. The molecule has 0 saturated carbocycles. The summed E-state index contributed by atoms with van der Waals surface area (Å²) in [5, 5.41) is 0. The van der Waals surface area contributed by atoms with Crippen LogP contribution in [0.1, 0.15) is 40.5 Å².